The van der Waals surface area contributed by atoms with Crippen molar-refractivity contribution < 1.29 is 33.4 Å². The second-order valence-electron chi connectivity index (χ2n) is 8.01. The average Bonchev–Trinajstić information content (AvgIpc) is 2.93. The molecule has 0 bridgehead atoms. The first kappa shape index (κ1) is 24.5. The molecule has 4 rings (SSSR count). The van der Waals surface area contributed by atoms with Crippen molar-refractivity contribution in [3.05, 3.63) is 113 Å². The number of nitroso groups, excluding NO2 is 1. The van der Waals surface area contributed by atoms with Gasteiger partial charge in [0.05, 0.1) is 16.7 Å². The Morgan fingerprint density at radius 3 is 1.42 bits per heavy atom. The van der Waals surface area contributed by atoms with Gasteiger partial charge in [-0.3, -0.25) is 4.79 Å². The van der Waals surface area contributed by atoms with Crippen molar-refractivity contribution in [1.29, 1.82) is 0 Å². The van der Waals surface area contributed by atoms with Crippen LogP contribution in [-0.4, -0.2) is 48.0 Å². The third-order valence-electron chi connectivity index (χ3n) is 5.61. The predicted molar refractivity (Wildman–Crippen MR) is 126 cm³/mol. The van der Waals surface area contributed by atoms with Crippen LogP contribution in [-0.2, 0) is 19.0 Å². The molecule has 1 aliphatic rings. The molecule has 1 fully saturated rings. The lowest BCUT2D eigenvalue weighted by Gasteiger charge is -2.37. The number of esters is 3. The van der Waals surface area contributed by atoms with Crippen LogP contribution in [0.3, 0.4) is 0 Å². The SMILES string of the molecule is O=NC1CC(=O)C(OC(=O)c2ccccc2)C(OC(=O)c2ccccc2)C1OC(=O)c1ccccc1. The highest BCUT2D eigenvalue weighted by molar-refractivity contribution is 5.95. The molecule has 0 aliphatic heterocycles. The van der Waals surface area contributed by atoms with Gasteiger partial charge in [0.15, 0.2) is 18.0 Å². The zero-order valence-electron chi connectivity index (χ0n) is 18.9. The molecule has 4 atom stereocenters. The standard InChI is InChI=1S/C27H21NO8/c29-21-16-20(28-33)22(34-25(30)17-10-4-1-5-11-17)24(36-27(32)19-14-8-3-9-15-19)23(21)35-26(31)18-12-6-2-7-13-18/h1-15,20,22-24H,16H2. The maximum Gasteiger partial charge on any atom is 0.338 e. The minimum atomic E-state index is -1.63. The Morgan fingerprint density at radius 1 is 0.611 bits per heavy atom. The Labute approximate surface area is 206 Å². The molecule has 9 nitrogen and oxygen atoms in total. The van der Waals surface area contributed by atoms with Crippen LogP contribution >= 0.6 is 0 Å². The molecule has 1 aliphatic carbocycles. The Morgan fingerprint density at radius 2 is 1.00 bits per heavy atom. The molecule has 3 aromatic rings. The van der Waals surface area contributed by atoms with Gasteiger partial charge in [-0.05, 0) is 36.4 Å². The molecule has 0 amide bonds. The van der Waals surface area contributed by atoms with Crippen molar-refractivity contribution in [2.24, 2.45) is 5.18 Å². The van der Waals surface area contributed by atoms with E-state index in [0.717, 1.165) is 0 Å². The van der Waals surface area contributed by atoms with E-state index in [1.54, 1.807) is 54.6 Å². The Kier molecular flexibility index (Phi) is 7.60. The van der Waals surface area contributed by atoms with Gasteiger partial charge < -0.3 is 14.2 Å². The summed E-state index contributed by atoms with van der Waals surface area (Å²) in [5.41, 5.74) is 0.476. The molecular weight excluding hydrogens is 466 g/mol. The number of Topliss-reactive ketones (excluding diaryl/α,β-unsaturated/α-hetero) is 1. The number of hydrogen-bond donors (Lipinski definition) is 0. The molecule has 0 heterocycles. The number of carbonyl (C=O) groups is 4. The summed E-state index contributed by atoms with van der Waals surface area (Å²) in [5, 5.41) is 2.95. The average molecular weight is 487 g/mol. The number of hydrogen-bond acceptors (Lipinski definition) is 9. The maximum absolute atomic E-state index is 13.0. The molecule has 0 radical (unpaired) electrons. The molecule has 36 heavy (non-hydrogen) atoms. The predicted octanol–water partition coefficient (Wildman–Crippen LogP) is 3.77. The second kappa shape index (κ2) is 11.2. The van der Waals surface area contributed by atoms with Gasteiger partial charge in [-0.15, -0.1) is 0 Å². The Balaban J connectivity index is 1.67. The number of ketones is 1. The largest absolute Gasteiger partial charge is 0.452 e. The molecule has 0 spiro atoms. The summed E-state index contributed by atoms with van der Waals surface area (Å²) >= 11 is 0. The maximum atomic E-state index is 13.0. The van der Waals surface area contributed by atoms with Gasteiger partial charge in [0.1, 0.15) is 6.04 Å². The van der Waals surface area contributed by atoms with Gasteiger partial charge in [-0.25, -0.2) is 14.4 Å². The van der Waals surface area contributed by atoms with Crippen molar-refractivity contribution in [2.45, 2.75) is 30.8 Å². The van der Waals surface area contributed by atoms with E-state index >= 15 is 0 Å². The lowest BCUT2D eigenvalue weighted by atomic mass is 9.86. The van der Waals surface area contributed by atoms with Crippen LogP contribution in [0.1, 0.15) is 37.5 Å². The third kappa shape index (κ3) is 5.52. The van der Waals surface area contributed by atoms with Crippen molar-refractivity contribution in [2.75, 3.05) is 0 Å². The van der Waals surface area contributed by atoms with Crippen LogP contribution in [0.2, 0.25) is 0 Å². The minimum Gasteiger partial charge on any atom is -0.452 e. The molecule has 0 aromatic heterocycles. The smallest absolute Gasteiger partial charge is 0.338 e. The van der Waals surface area contributed by atoms with E-state index in [4.69, 9.17) is 14.2 Å². The number of rotatable bonds is 7. The molecule has 182 valence electrons. The van der Waals surface area contributed by atoms with E-state index in [2.05, 4.69) is 5.18 Å². The van der Waals surface area contributed by atoms with Gasteiger partial charge in [-0.2, -0.15) is 4.91 Å². The highest BCUT2D eigenvalue weighted by Crippen LogP contribution is 2.29. The number of nitrogens with zero attached hydrogens (tertiary/aromatic N) is 1. The van der Waals surface area contributed by atoms with Crippen LogP contribution in [0.25, 0.3) is 0 Å². The summed E-state index contributed by atoms with van der Waals surface area (Å²) < 4.78 is 16.6. The minimum absolute atomic E-state index is 0.146. The van der Waals surface area contributed by atoms with E-state index < -0.39 is 54.5 Å². The monoisotopic (exact) mass is 487 g/mol. The van der Waals surface area contributed by atoms with Crippen LogP contribution in [0, 0.1) is 4.91 Å². The number of benzene rings is 3. The zero-order valence-corrected chi connectivity index (χ0v) is 18.9. The molecule has 9 heteroatoms. The van der Waals surface area contributed by atoms with Crippen molar-refractivity contribution in [1.82, 2.24) is 0 Å². The lowest BCUT2D eigenvalue weighted by Crippen LogP contribution is -2.58. The summed E-state index contributed by atoms with van der Waals surface area (Å²) in [6.07, 6.45) is -5.18. The van der Waals surface area contributed by atoms with Crippen LogP contribution in [0.4, 0.5) is 0 Å². The first-order valence-electron chi connectivity index (χ1n) is 11.1. The topological polar surface area (TPSA) is 125 Å². The quantitative estimate of drug-likeness (QED) is 0.280. The number of ether oxygens (including phenoxy) is 3. The summed E-state index contributed by atoms with van der Waals surface area (Å²) in [6.45, 7) is 0. The van der Waals surface area contributed by atoms with E-state index in [9.17, 15) is 24.1 Å². The fourth-order valence-electron chi connectivity index (χ4n) is 3.81. The van der Waals surface area contributed by atoms with Gasteiger partial charge >= 0.3 is 17.9 Å². The molecule has 0 N–H and O–H groups in total. The zero-order chi connectivity index (χ0) is 25.5. The van der Waals surface area contributed by atoms with Crippen molar-refractivity contribution in [3.63, 3.8) is 0 Å². The fourth-order valence-corrected chi connectivity index (χ4v) is 3.81. The molecular formula is C27H21NO8. The first-order chi connectivity index (χ1) is 17.5. The first-order valence-corrected chi connectivity index (χ1v) is 11.1. The lowest BCUT2D eigenvalue weighted by molar-refractivity contribution is -0.151. The fraction of sp³-hybridized carbons (Fsp3) is 0.185. The molecule has 3 aromatic carbocycles. The van der Waals surface area contributed by atoms with E-state index in [-0.39, 0.29) is 16.7 Å². The van der Waals surface area contributed by atoms with Crippen molar-refractivity contribution in [3.8, 4) is 0 Å². The van der Waals surface area contributed by atoms with E-state index in [0.29, 0.717) is 0 Å². The van der Waals surface area contributed by atoms with Crippen LogP contribution in [0.5, 0.6) is 0 Å². The van der Waals surface area contributed by atoms with Gasteiger partial charge in [0, 0.05) is 6.42 Å². The van der Waals surface area contributed by atoms with E-state index in [1.807, 2.05) is 0 Å². The summed E-state index contributed by atoms with van der Waals surface area (Å²) in [4.78, 5) is 63.1. The van der Waals surface area contributed by atoms with Crippen LogP contribution in [0.15, 0.2) is 96.2 Å². The van der Waals surface area contributed by atoms with Crippen LogP contribution < -0.4 is 0 Å². The second-order valence-corrected chi connectivity index (χ2v) is 8.01. The van der Waals surface area contributed by atoms with Crippen molar-refractivity contribution >= 4 is 23.7 Å². The molecule has 1 saturated carbocycles. The summed E-state index contributed by atoms with van der Waals surface area (Å²) in [5.74, 6) is -3.22. The van der Waals surface area contributed by atoms with Gasteiger partial charge in [0.2, 0.25) is 6.10 Å². The Bertz CT molecular complexity index is 1250. The summed E-state index contributed by atoms with van der Waals surface area (Å²) in [6, 6.07) is 22.4. The highest BCUT2D eigenvalue weighted by atomic mass is 16.6. The normalized spacial score (nSPS) is 21.2. The highest BCUT2D eigenvalue weighted by Gasteiger charge is 2.52. The third-order valence-corrected chi connectivity index (χ3v) is 5.61. The molecule has 0 saturated heterocycles. The van der Waals surface area contributed by atoms with Gasteiger partial charge in [-0.1, -0.05) is 59.8 Å². The Hall–Kier alpha value is -4.66. The number of carbonyl (C=O) groups excluding carboxylic acids is 4. The van der Waals surface area contributed by atoms with E-state index in [1.165, 1.54) is 36.4 Å². The van der Waals surface area contributed by atoms with Gasteiger partial charge in [0.25, 0.3) is 0 Å². The molecule has 4 unspecified atom stereocenters. The summed E-state index contributed by atoms with van der Waals surface area (Å²) in [7, 11) is 0.